The molecule has 0 aliphatic heterocycles. The van der Waals surface area contributed by atoms with Crippen molar-refractivity contribution in [3.8, 4) is 0 Å². The lowest BCUT2D eigenvalue weighted by Crippen LogP contribution is -2.01. The van der Waals surface area contributed by atoms with Gasteiger partial charge in [-0.1, -0.05) is 23.2 Å². The van der Waals surface area contributed by atoms with Crippen molar-refractivity contribution in [3.63, 3.8) is 0 Å². The molecular weight excluding hydrogens is 323 g/mol. The summed E-state index contributed by atoms with van der Waals surface area (Å²) >= 11 is 11.2. The van der Waals surface area contributed by atoms with Gasteiger partial charge in [-0.05, 0) is 18.2 Å². The van der Waals surface area contributed by atoms with Crippen molar-refractivity contribution in [3.05, 3.63) is 33.8 Å². The Morgan fingerprint density at radius 3 is 1.65 bits per heavy atom. The third-order valence-corrected chi connectivity index (χ3v) is 1.78. The third kappa shape index (κ3) is 12.2. The van der Waals surface area contributed by atoms with E-state index < -0.39 is 18.3 Å². The number of halogens is 2. The molecule has 20 heavy (non-hydrogen) atoms. The van der Waals surface area contributed by atoms with E-state index >= 15 is 0 Å². The predicted octanol–water partition coefficient (Wildman–Crippen LogP) is 3.07. The molecule has 0 unspecified atom stereocenters. The summed E-state index contributed by atoms with van der Waals surface area (Å²) in [5.41, 5.74) is 0.0727. The molecule has 1 aromatic rings. The van der Waals surface area contributed by atoms with Crippen LogP contribution in [-0.4, -0.2) is 44.0 Å². The first kappa shape index (κ1) is 20.1. The van der Waals surface area contributed by atoms with Crippen LogP contribution in [0.15, 0.2) is 18.2 Å². The van der Waals surface area contributed by atoms with Crippen molar-refractivity contribution < 1.29 is 45.0 Å². The summed E-state index contributed by atoms with van der Waals surface area (Å²) < 4.78 is 0. The fourth-order valence-electron chi connectivity index (χ4n) is 0.704. The van der Waals surface area contributed by atoms with Gasteiger partial charge in [0.15, 0.2) is 0 Å². The van der Waals surface area contributed by atoms with Gasteiger partial charge in [0, 0.05) is 5.02 Å². The molecule has 0 saturated heterocycles. The van der Waals surface area contributed by atoms with E-state index in [0.29, 0.717) is 5.02 Å². The molecular formula is C9H8Cl2O9. The first-order chi connectivity index (χ1) is 9.11. The SMILES string of the molecule is O=C(O)O.O=C(O)O.O=C(OO)c1ccc(Cl)cc1Cl. The van der Waals surface area contributed by atoms with E-state index in [1.807, 2.05) is 0 Å². The van der Waals surface area contributed by atoms with E-state index in [-0.39, 0.29) is 10.6 Å². The molecule has 5 N–H and O–H groups in total. The Morgan fingerprint density at radius 2 is 1.35 bits per heavy atom. The highest BCUT2D eigenvalue weighted by Gasteiger charge is 2.11. The van der Waals surface area contributed by atoms with E-state index in [2.05, 4.69) is 4.89 Å². The molecule has 0 radical (unpaired) electrons. The molecule has 0 aromatic heterocycles. The Bertz CT molecular complexity index is 454. The van der Waals surface area contributed by atoms with Crippen molar-refractivity contribution in [2.75, 3.05) is 0 Å². The number of carboxylic acid groups (broad SMARTS) is 4. The fraction of sp³-hybridized carbons (Fsp3) is 0. The maximum absolute atomic E-state index is 10.7. The number of carbonyl (C=O) groups is 3. The van der Waals surface area contributed by atoms with Gasteiger partial charge in [-0.15, -0.1) is 0 Å². The second-order valence-corrected chi connectivity index (χ2v) is 3.41. The largest absolute Gasteiger partial charge is 0.503 e. The average molecular weight is 331 g/mol. The molecule has 9 nitrogen and oxygen atoms in total. The van der Waals surface area contributed by atoms with Crippen molar-refractivity contribution >= 4 is 41.5 Å². The Kier molecular flexibility index (Phi) is 10.7. The zero-order valence-corrected chi connectivity index (χ0v) is 10.9. The van der Waals surface area contributed by atoms with Gasteiger partial charge in [-0.2, -0.15) is 5.26 Å². The Labute approximate surface area is 121 Å². The van der Waals surface area contributed by atoms with Crippen LogP contribution in [0.3, 0.4) is 0 Å². The minimum absolute atomic E-state index is 0.0727. The van der Waals surface area contributed by atoms with Gasteiger partial charge in [-0.3, -0.25) is 4.89 Å². The van der Waals surface area contributed by atoms with Crippen molar-refractivity contribution in [2.45, 2.75) is 0 Å². The molecule has 11 heteroatoms. The highest BCUT2D eigenvalue weighted by molar-refractivity contribution is 6.36. The van der Waals surface area contributed by atoms with E-state index in [4.69, 9.17) is 58.5 Å². The van der Waals surface area contributed by atoms with E-state index in [9.17, 15) is 4.79 Å². The maximum Gasteiger partial charge on any atom is 0.503 e. The van der Waals surface area contributed by atoms with Crippen molar-refractivity contribution in [2.24, 2.45) is 0 Å². The van der Waals surface area contributed by atoms with Crippen LogP contribution in [0.25, 0.3) is 0 Å². The second kappa shape index (κ2) is 10.7. The molecule has 0 bridgehead atoms. The summed E-state index contributed by atoms with van der Waals surface area (Å²) in [5.74, 6) is -0.906. The lowest BCUT2D eigenvalue weighted by molar-refractivity contribution is -0.182. The Morgan fingerprint density at radius 1 is 0.950 bits per heavy atom. The lowest BCUT2D eigenvalue weighted by atomic mass is 10.2. The number of hydrogen-bond acceptors (Lipinski definition) is 5. The molecule has 0 spiro atoms. The number of rotatable bonds is 1. The van der Waals surface area contributed by atoms with Crippen LogP contribution in [0.4, 0.5) is 9.59 Å². The van der Waals surface area contributed by atoms with Crippen LogP contribution in [0.1, 0.15) is 10.4 Å². The molecule has 1 rings (SSSR count). The molecule has 0 atom stereocenters. The minimum Gasteiger partial charge on any atom is -0.450 e. The zero-order valence-electron chi connectivity index (χ0n) is 9.36. The van der Waals surface area contributed by atoms with E-state index in [1.54, 1.807) is 0 Å². The van der Waals surface area contributed by atoms with Gasteiger partial charge in [-0.25, -0.2) is 14.4 Å². The number of carbonyl (C=O) groups excluding carboxylic acids is 1. The maximum atomic E-state index is 10.7. The number of hydrogen-bond donors (Lipinski definition) is 5. The van der Waals surface area contributed by atoms with Crippen molar-refractivity contribution in [1.29, 1.82) is 0 Å². The fourth-order valence-corrected chi connectivity index (χ4v) is 1.19. The molecule has 0 saturated carbocycles. The summed E-state index contributed by atoms with van der Waals surface area (Å²) in [6.45, 7) is 0. The lowest BCUT2D eigenvalue weighted by Gasteiger charge is -1.99. The smallest absolute Gasteiger partial charge is 0.450 e. The van der Waals surface area contributed by atoms with E-state index in [1.165, 1.54) is 18.2 Å². The summed E-state index contributed by atoms with van der Waals surface area (Å²) in [4.78, 5) is 31.3. The summed E-state index contributed by atoms with van der Waals surface area (Å²) in [6, 6.07) is 4.22. The Balaban J connectivity index is 0. The molecule has 0 heterocycles. The standard InChI is InChI=1S/C7H4Cl2O3.2CH2O3/c8-4-1-2-5(6(9)3-4)7(10)12-11;2*2-1(3)4/h1-3,11H;2*(H2,2,3,4). The molecule has 0 aliphatic rings. The summed E-state index contributed by atoms with van der Waals surface area (Å²) in [5, 5.41) is 36.5. The van der Waals surface area contributed by atoms with Crippen LogP contribution in [0, 0.1) is 0 Å². The Hall–Kier alpha value is -2.23. The summed E-state index contributed by atoms with van der Waals surface area (Å²) in [7, 11) is 0. The number of benzene rings is 1. The third-order valence-electron chi connectivity index (χ3n) is 1.23. The van der Waals surface area contributed by atoms with Gasteiger partial charge in [0.25, 0.3) is 0 Å². The normalized spacial score (nSPS) is 8.15. The quantitative estimate of drug-likeness (QED) is 0.384. The van der Waals surface area contributed by atoms with Gasteiger partial charge in [0.2, 0.25) is 0 Å². The van der Waals surface area contributed by atoms with Crippen LogP contribution in [0.2, 0.25) is 10.0 Å². The van der Waals surface area contributed by atoms with Crippen molar-refractivity contribution in [1.82, 2.24) is 0 Å². The highest BCUT2D eigenvalue weighted by Crippen LogP contribution is 2.21. The van der Waals surface area contributed by atoms with E-state index in [0.717, 1.165) is 0 Å². The van der Waals surface area contributed by atoms with Crippen LogP contribution in [0.5, 0.6) is 0 Å². The molecule has 1 aromatic carbocycles. The highest BCUT2D eigenvalue weighted by atomic mass is 35.5. The van der Waals surface area contributed by atoms with Crippen LogP contribution in [-0.2, 0) is 4.89 Å². The van der Waals surface area contributed by atoms with Crippen LogP contribution >= 0.6 is 23.2 Å². The first-order valence-corrected chi connectivity index (χ1v) is 5.02. The van der Waals surface area contributed by atoms with Crippen LogP contribution < -0.4 is 0 Å². The molecule has 0 fully saturated rings. The monoisotopic (exact) mass is 330 g/mol. The predicted molar refractivity (Wildman–Crippen MR) is 65.8 cm³/mol. The minimum atomic E-state index is -1.83. The topological polar surface area (TPSA) is 162 Å². The molecule has 0 amide bonds. The molecule has 112 valence electrons. The summed E-state index contributed by atoms with van der Waals surface area (Å²) in [6.07, 6.45) is -3.67. The van der Waals surface area contributed by atoms with Gasteiger partial charge in [0.1, 0.15) is 0 Å². The average Bonchev–Trinajstić information content (AvgIpc) is 2.26. The van der Waals surface area contributed by atoms with Gasteiger partial charge in [0.05, 0.1) is 10.6 Å². The first-order valence-electron chi connectivity index (χ1n) is 4.26. The van der Waals surface area contributed by atoms with Gasteiger partial charge >= 0.3 is 18.3 Å². The zero-order chi connectivity index (χ0) is 16.3. The van der Waals surface area contributed by atoms with Gasteiger partial charge < -0.3 is 20.4 Å². The molecule has 0 aliphatic carbocycles. The second-order valence-electron chi connectivity index (χ2n) is 2.57.